The van der Waals surface area contributed by atoms with Gasteiger partial charge in [0.1, 0.15) is 0 Å². The fourth-order valence-corrected chi connectivity index (χ4v) is 6.78. The van der Waals surface area contributed by atoms with Crippen LogP contribution in [0.1, 0.15) is 31.8 Å². The van der Waals surface area contributed by atoms with Gasteiger partial charge >= 0.3 is 11.9 Å². The van der Waals surface area contributed by atoms with E-state index in [1.54, 1.807) is 60.7 Å². The molecule has 0 aliphatic heterocycles. The minimum atomic E-state index is -2.55. The monoisotopic (exact) mass is 772 g/mol. The largest absolute Gasteiger partial charge is 0.454 e. The summed E-state index contributed by atoms with van der Waals surface area (Å²) in [5.41, 5.74) is 0.638. The van der Waals surface area contributed by atoms with Gasteiger partial charge < -0.3 is 9.47 Å². The molecule has 0 aliphatic rings. The first-order chi connectivity index (χ1) is 22.9. The molecule has 2 atom stereocenters. The maximum absolute atomic E-state index is 12.9. The standard InChI is InChI=1S/C31H24Cl4N2O9S2/c32-22-11-13-24(36(47(41)42)15-19-7-3-1-4-8-19)28(34)26(22)30(39)45-17-21(38)18-46-31(40)27-23(33)12-14-25(29(27)35)37(48(43)44)16-20-9-5-2-6-10-20/h1-14H,15-18H2,(H,41,42)(H,43,44). The first-order valence-corrected chi connectivity index (χ1v) is 17.2. The molecular formula is C31H24Cl4N2O9S2. The van der Waals surface area contributed by atoms with E-state index in [0.29, 0.717) is 11.1 Å². The van der Waals surface area contributed by atoms with Gasteiger partial charge in [0.2, 0.25) is 5.78 Å². The second-order valence-corrected chi connectivity index (χ2v) is 13.1. The summed E-state index contributed by atoms with van der Waals surface area (Å²) in [5.74, 6) is -3.10. The Labute approximate surface area is 300 Å². The molecule has 0 spiro atoms. The summed E-state index contributed by atoms with van der Waals surface area (Å²) in [6.45, 7) is -1.80. The second kappa shape index (κ2) is 17.2. The van der Waals surface area contributed by atoms with Gasteiger partial charge in [-0.15, -0.1) is 0 Å². The number of esters is 2. The van der Waals surface area contributed by atoms with Crippen molar-refractivity contribution in [2.45, 2.75) is 13.1 Å². The Morgan fingerprint density at radius 3 is 1.27 bits per heavy atom. The number of ether oxygens (including phenoxy) is 2. The molecule has 4 aromatic rings. The van der Waals surface area contributed by atoms with Crippen LogP contribution in [0.3, 0.4) is 0 Å². The lowest BCUT2D eigenvalue weighted by molar-refractivity contribution is -0.125. The molecular weight excluding hydrogens is 750 g/mol. The summed E-state index contributed by atoms with van der Waals surface area (Å²) >= 11 is 20.2. The van der Waals surface area contributed by atoms with E-state index in [1.807, 2.05) is 0 Å². The van der Waals surface area contributed by atoms with Crippen molar-refractivity contribution < 1.29 is 41.4 Å². The molecule has 0 aromatic heterocycles. The van der Waals surface area contributed by atoms with Crippen LogP contribution in [-0.2, 0) is 49.9 Å². The molecule has 0 amide bonds. The molecule has 0 heterocycles. The van der Waals surface area contributed by atoms with E-state index >= 15 is 0 Å². The molecule has 2 N–H and O–H groups in total. The fourth-order valence-electron chi connectivity index (χ4n) is 4.27. The van der Waals surface area contributed by atoms with Crippen LogP contribution in [0, 0.1) is 0 Å². The smallest absolute Gasteiger partial charge is 0.341 e. The van der Waals surface area contributed by atoms with Crippen molar-refractivity contribution in [3.63, 3.8) is 0 Å². The van der Waals surface area contributed by atoms with Gasteiger partial charge in [0.25, 0.3) is 22.5 Å². The third kappa shape index (κ3) is 9.33. The van der Waals surface area contributed by atoms with Crippen molar-refractivity contribution in [1.29, 1.82) is 0 Å². The molecule has 0 saturated carbocycles. The highest BCUT2D eigenvalue weighted by molar-refractivity contribution is 7.81. The van der Waals surface area contributed by atoms with E-state index in [-0.39, 0.29) is 55.7 Å². The van der Waals surface area contributed by atoms with E-state index in [0.717, 1.165) is 8.61 Å². The van der Waals surface area contributed by atoms with Crippen molar-refractivity contribution in [3.8, 4) is 0 Å². The van der Waals surface area contributed by atoms with Gasteiger partial charge in [0.15, 0.2) is 13.2 Å². The molecule has 11 nitrogen and oxygen atoms in total. The molecule has 4 aromatic carbocycles. The van der Waals surface area contributed by atoms with Gasteiger partial charge in [-0.3, -0.25) is 22.5 Å². The van der Waals surface area contributed by atoms with E-state index in [4.69, 9.17) is 55.9 Å². The van der Waals surface area contributed by atoms with Gasteiger partial charge in [0, 0.05) is 0 Å². The number of rotatable bonds is 14. The van der Waals surface area contributed by atoms with Crippen LogP contribution in [0.2, 0.25) is 20.1 Å². The molecule has 0 aliphatic carbocycles. The van der Waals surface area contributed by atoms with Crippen LogP contribution in [-0.4, -0.2) is 48.5 Å². The van der Waals surface area contributed by atoms with Gasteiger partial charge in [-0.25, -0.2) is 18.0 Å². The number of nitrogens with zero attached hydrogens (tertiary/aromatic N) is 2. The van der Waals surface area contributed by atoms with E-state index in [2.05, 4.69) is 0 Å². The Kier molecular flexibility index (Phi) is 13.4. The maximum Gasteiger partial charge on any atom is 0.341 e. The highest BCUT2D eigenvalue weighted by atomic mass is 35.5. The minimum Gasteiger partial charge on any atom is -0.454 e. The normalized spacial score (nSPS) is 12.1. The van der Waals surface area contributed by atoms with E-state index in [1.165, 1.54) is 24.3 Å². The number of halogens is 4. The molecule has 4 rings (SSSR count). The highest BCUT2D eigenvalue weighted by Gasteiger charge is 2.27. The van der Waals surface area contributed by atoms with Crippen molar-refractivity contribution >= 4 is 98.0 Å². The molecule has 48 heavy (non-hydrogen) atoms. The Balaban J connectivity index is 1.43. The average molecular weight is 774 g/mol. The van der Waals surface area contributed by atoms with Crippen LogP contribution in [0.5, 0.6) is 0 Å². The van der Waals surface area contributed by atoms with E-state index < -0.39 is 53.5 Å². The van der Waals surface area contributed by atoms with Gasteiger partial charge in [-0.05, 0) is 35.4 Å². The zero-order valence-corrected chi connectivity index (χ0v) is 29.0. The zero-order chi connectivity index (χ0) is 35.0. The number of carbonyl (C=O) groups excluding carboxylic acids is 3. The van der Waals surface area contributed by atoms with E-state index in [9.17, 15) is 31.9 Å². The summed E-state index contributed by atoms with van der Waals surface area (Å²) in [5, 5.41) is -0.881. The number of hydrogen-bond donors (Lipinski definition) is 2. The molecule has 17 heteroatoms. The highest BCUT2D eigenvalue weighted by Crippen LogP contribution is 2.37. The van der Waals surface area contributed by atoms with Crippen LogP contribution < -0.4 is 8.61 Å². The first kappa shape index (κ1) is 37.3. The SMILES string of the molecule is O=C(COC(=O)c1c(Cl)ccc(N(Cc2ccccc2)S(=O)O)c1Cl)COC(=O)c1c(Cl)ccc(N(Cc2ccccc2)S(=O)O)c1Cl. The van der Waals surface area contributed by atoms with Crippen LogP contribution in [0.4, 0.5) is 11.4 Å². The van der Waals surface area contributed by atoms with Crippen LogP contribution >= 0.6 is 46.4 Å². The summed E-state index contributed by atoms with van der Waals surface area (Å²) in [4.78, 5) is 38.4. The molecule has 0 saturated heterocycles. The second-order valence-electron chi connectivity index (χ2n) is 9.71. The van der Waals surface area contributed by atoms with Crippen LogP contribution in [0.15, 0.2) is 84.9 Å². The van der Waals surface area contributed by atoms with Crippen molar-refractivity contribution in [1.82, 2.24) is 0 Å². The Bertz CT molecular complexity index is 1740. The Hall–Kier alpha value is -3.53. The van der Waals surface area contributed by atoms with Crippen molar-refractivity contribution in [2.75, 3.05) is 21.8 Å². The third-order valence-electron chi connectivity index (χ3n) is 6.53. The number of hydrogen-bond acceptors (Lipinski definition) is 7. The molecule has 252 valence electrons. The molecule has 0 fully saturated rings. The summed E-state index contributed by atoms with van der Waals surface area (Å²) in [6.07, 6.45) is 0. The van der Waals surface area contributed by atoms with Crippen molar-refractivity contribution in [2.24, 2.45) is 0 Å². The lowest BCUT2D eigenvalue weighted by Gasteiger charge is -2.22. The topological polar surface area (TPSA) is 151 Å². The summed E-state index contributed by atoms with van der Waals surface area (Å²) in [6, 6.07) is 22.7. The predicted octanol–water partition coefficient (Wildman–Crippen LogP) is 7.17. The Morgan fingerprint density at radius 1 is 0.583 bits per heavy atom. The molecule has 2 unspecified atom stereocenters. The molecule has 0 radical (unpaired) electrons. The van der Waals surface area contributed by atoms with Gasteiger partial charge in [0.05, 0.1) is 55.7 Å². The lowest BCUT2D eigenvalue weighted by Crippen LogP contribution is -2.26. The minimum absolute atomic E-state index is 0.00122. The van der Waals surface area contributed by atoms with Crippen molar-refractivity contribution in [3.05, 3.63) is 127 Å². The average Bonchev–Trinajstić information content (AvgIpc) is 3.05. The quantitative estimate of drug-likeness (QED) is 0.100. The lowest BCUT2D eigenvalue weighted by atomic mass is 10.1. The molecule has 0 bridgehead atoms. The zero-order valence-electron chi connectivity index (χ0n) is 24.4. The Morgan fingerprint density at radius 2 is 0.938 bits per heavy atom. The summed E-state index contributed by atoms with van der Waals surface area (Å²) < 4.78 is 56.4. The number of Topliss-reactive ketones (excluding diaryl/α,β-unsaturated/α-hetero) is 1. The van der Waals surface area contributed by atoms with Crippen LogP contribution in [0.25, 0.3) is 0 Å². The van der Waals surface area contributed by atoms with Gasteiger partial charge in [-0.1, -0.05) is 107 Å². The number of ketones is 1. The number of carbonyl (C=O) groups is 3. The fraction of sp³-hybridized carbons (Fsp3) is 0.129. The van der Waals surface area contributed by atoms with Gasteiger partial charge in [-0.2, -0.15) is 0 Å². The number of anilines is 2. The third-order valence-corrected chi connectivity index (χ3v) is 9.33. The first-order valence-electron chi connectivity index (χ1n) is 13.6. The summed E-state index contributed by atoms with van der Waals surface area (Å²) in [7, 11) is 0. The predicted molar refractivity (Wildman–Crippen MR) is 185 cm³/mol. The number of benzene rings is 4. The maximum atomic E-state index is 12.9.